The number of aliphatic hydroxyl groups excluding tert-OH is 2. The fourth-order valence-electron chi connectivity index (χ4n) is 1.78. The largest absolute Gasteiger partial charge is 0.395 e. The van der Waals surface area contributed by atoms with Gasteiger partial charge in [0, 0.05) is 19.0 Å². The average Bonchev–Trinajstić information content (AvgIpc) is 2.29. The van der Waals surface area contributed by atoms with Crippen LogP contribution in [-0.4, -0.2) is 47.3 Å². The summed E-state index contributed by atoms with van der Waals surface area (Å²) >= 11 is 0. The third kappa shape index (κ3) is 5.47. The summed E-state index contributed by atoms with van der Waals surface area (Å²) in [4.78, 5) is 13.6. The van der Waals surface area contributed by atoms with Gasteiger partial charge >= 0.3 is 0 Å². The summed E-state index contributed by atoms with van der Waals surface area (Å²) in [5.74, 6) is 0.108. The van der Waals surface area contributed by atoms with Crippen LogP contribution in [0.3, 0.4) is 0 Å². The van der Waals surface area contributed by atoms with Crippen LogP contribution >= 0.6 is 0 Å². The number of hydrogen-bond donors (Lipinski definition) is 2. The van der Waals surface area contributed by atoms with Gasteiger partial charge < -0.3 is 15.1 Å². The van der Waals surface area contributed by atoms with Gasteiger partial charge in [-0.3, -0.25) is 4.79 Å². The van der Waals surface area contributed by atoms with Crippen LogP contribution in [-0.2, 0) is 4.79 Å². The van der Waals surface area contributed by atoms with E-state index in [1.165, 1.54) is 0 Å². The van der Waals surface area contributed by atoms with Crippen LogP contribution in [0, 0.1) is 5.92 Å². The highest BCUT2D eigenvalue weighted by molar-refractivity contribution is 5.78. The minimum atomic E-state index is -0.0457. The van der Waals surface area contributed by atoms with Crippen LogP contribution in [0.15, 0.2) is 0 Å². The van der Waals surface area contributed by atoms with Crippen LogP contribution in [0.5, 0.6) is 0 Å². The Balaban J connectivity index is 4.29. The number of aliphatic hydroxyl groups is 2. The van der Waals surface area contributed by atoms with Gasteiger partial charge in [0.05, 0.1) is 13.2 Å². The maximum Gasteiger partial charge on any atom is 0.225 e. The number of carbonyl (C=O) groups excluding carboxylic acids is 1. The van der Waals surface area contributed by atoms with E-state index in [-0.39, 0.29) is 25.0 Å². The van der Waals surface area contributed by atoms with Gasteiger partial charge in [-0.25, -0.2) is 0 Å². The molecular weight excluding hydrogens is 206 g/mol. The highest BCUT2D eigenvalue weighted by atomic mass is 16.3. The van der Waals surface area contributed by atoms with E-state index in [1.807, 2.05) is 6.92 Å². The highest BCUT2D eigenvalue weighted by Crippen LogP contribution is 2.15. The van der Waals surface area contributed by atoms with Crippen molar-refractivity contribution in [3.63, 3.8) is 0 Å². The molecule has 1 unspecified atom stereocenters. The zero-order chi connectivity index (χ0) is 12.4. The van der Waals surface area contributed by atoms with E-state index in [0.717, 1.165) is 25.7 Å². The lowest BCUT2D eigenvalue weighted by molar-refractivity contribution is -0.137. The van der Waals surface area contributed by atoms with Crippen LogP contribution in [0.2, 0.25) is 0 Å². The molecule has 0 radical (unpaired) electrons. The standard InChI is InChI=1S/C12H25NO3/c1-3-5-6-11(4-2)12(16)13(7-9-14)8-10-15/h11,14-15H,3-10H2,1-2H3. The minimum Gasteiger partial charge on any atom is -0.395 e. The monoisotopic (exact) mass is 231 g/mol. The second-order valence-electron chi connectivity index (χ2n) is 4.02. The number of unbranched alkanes of at least 4 members (excludes halogenated alkanes) is 1. The highest BCUT2D eigenvalue weighted by Gasteiger charge is 2.21. The van der Waals surface area contributed by atoms with Crippen LogP contribution in [0.1, 0.15) is 39.5 Å². The number of hydrogen-bond acceptors (Lipinski definition) is 3. The molecule has 0 saturated carbocycles. The molecule has 4 heteroatoms. The lowest BCUT2D eigenvalue weighted by Gasteiger charge is -2.25. The van der Waals surface area contributed by atoms with E-state index in [4.69, 9.17) is 10.2 Å². The summed E-state index contributed by atoms with van der Waals surface area (Å²) in [6.45, 7) is 4.67. The van der Waals surface area contributed by atoms with Crippen molar-refractivity contribution in [2.45, 2.75) is 39.5 Å². The Labute approximate surface area is 98.3 Å². The molecule has 1 amide bonds. The Kier molecular flexibility index (Phi) is 9.24. The van der Waals surface area contributed by atoms with Gasteiger partial charge in [-0.05, 0) is 12.8 Å². The van der Waals surface area contributed by atoms with Crippen LogP contribution in [0.4, 0.5) is 0 Å². The Morgan fingerprint density at radius 3 is 2.12 bits per heavy atom. The molecule has 0 spiro atoms. The molecule has 0 bridgehead atoms. The predicted molar refractivity (Wildman–Crippen MR) is 64.1 cm³/mol. The van der Waals surface area contributed by atoms with E-state index in [9.17, 15) is 4.79 Å². The Bertz CT molecular complexity index is 179. The van der Waals surface area contributed by atoms with Crippen molar-refractivity contribution in [3.05, 3.63) is 0 Å². The minimum absolute atomic E-state index is 0.0399. The lowest BCUT2D eigenvalue weighted by atomic mass is 9.98. The maximum atomic E-state index is 12.1. The van der Waals surface area contributed by atoms with Crippen molar-refractivity contribution in [1.29, 1.82) is 0 Å². The molecule has 0 fully saturated rings. The average molecular weight is 231 g/mol. The summed E-state index contributed by atoms with van der Waals surface area (Å²) in [5, 5.41) is 17.7. The lowest BCUT2D eigenvalue weighted by Crippen LogP contribution is -2.39. The smallest absolute Gasteiger partial charge is 0.225 e. The summed E-state index contributed by atoms with van der Waals surface area (Å²) in [6.07, 6.45) is 3.87. The quantitative estimate of drug-likeness (QED) is 0.623. The Morgan fingerprint density at radius 1 is 1.19 bits per heavy atom. The number of nitrogens with zero attached hydrogens (tertiary/aromatic N) is 1. The Morgan fingerprint density at radius 2 is 1.75 bits per heavy atom. The molecule has 0 heterocycles. The van der Waals surface area contributed by atoms with Gasteiger partial charge in [0.15, 0.2) is 0 Å². The van der Waals surface area contributed by atoms with E-state index in [1.54, 1.807) is 4.90 Å². The van der Waals surface area contributed by atoms with Gasteiger partial charge in [-0.15, -0.1) is 0 Å². The zero-order valence-electron chi connectivity index (χ0n) is 10.5. The molecular formula is C12H25NO3. The normalized spacial score (nSPS) is 12.5. The maximum absolute atomic E-state index is 12.1. The molecule has 0 aromatic carbocycles. The molecule has 0 aromatic heterocycles. The topological polar surface area (TPSA) is 60.8 Å². The zero-order valence-corrected chi connectivity index (χ0v) is 10.5. The Hall–Kier alpha value is -0.610. The summed E-state index contributed by atoms with van der Waals surface area (Å²) in [5.41, 5.74) is 0. The van der Waals surface area contributed by atoms with E-state index >= 15 is 0 Å². The van der Waals surface area contributed by atoms with Gasteiger partial charge in [-0.2, -0.15) is 0 Å². The third-order valence-electron chi connectivity index (χ3n) is 2.80. The first-order chi connectivity index (χ1) is 7.71. The van der Waals surface area contributed by atoms with Crippen LogP contribution < -0.4 is 0 Å². The molecule has 1 atom stereocenters. The SMILES string of the molecule is CCCCC(CC)C(=O)N(CCO)CCO. The summed E-state index contributed by atoms with van der Waals surface area (Å²) in [6, 6.07) is 0. The second-order valence-corrected chi connectivity index (χ2v) is 4.02. The van der Waals surface area contributed by atoms with Crippen molar-refractivity contribution in [2.75, 3.05) is 26.3 Å². The molecule has 0 aliphatic carbocycles. The van der Waals surface area contributed by atoms with E-state index in [0.29, 0.717) is 13.1 Å². The molecule has 96 valence electrons. The fraction of sp³-hybridized carbons (Fsp3) is 0.917. The van der Waals surface area contributed by atoms with E-state index < -0.39 is 0 Å². The summed E-state index contributed by atoms with van der Waals surface area (Å²) in [7, 11) is 0. The van der Waals surface area contributed by atoms with Crippen LogP contribution in [0.25, 0.3) is 0 Å². The van der Waals surface area contributed by atoms with Crippen molar-refractivity contribution in [3.8, 4) is 0 Å². The first-order valence-corrected chi connectivity index (χ1v) is 6.21. The predicted octanol–water partition coefficient (Wildman–Crippen LogP) is 1.02. The molecule has 2 N–H and O–H groups in total. The molecule has 4 nitrogen and oxygen atoms in total. The van der Waals surface area contributed by atoms with Gasteiger partial charge in [0.25, 0.3) is 0 Å². The molecule has 0 aliphatic rings. The fourth-order valence-corrected chi connectivity index (χ4v) is 1.78. The molecule has 0 aliphatic heterocycles. The van der Waals surface area contributed by atoms with Gasteiger partial charge in [0.2, 0.25) is 5.91 Å². The third-order valence-corrected chi connectivity index (χ3v) is 2.80. The number of amides is 1. The molecule has 0 rings (SSSR count). The number of rotatable bonds is 9. The first kappa shape index (κ1) is 15.4. The molecule has 0 saturated heterocycles. The number of carbonyl (C=O) groups is 1. The van der Waals surface area contributed by atoms with Gasteiger partial charge in [0.1, 0.15) is 0 Å². The first-order valence-electron chi connectivity index (χ1n) is 6.21. The molecule has 16 heavy (non-hydrogen) atoms. The van der Waals surface area contributed by atoms with E-state index in [2.05, 4.69) is 6.92 Å². The van der Waals surface area contributed by atoms with Crippen molar-refractivity contribution >= 4 is 5.91 Å². The van der Waals surface area contributed by atoms with Crippen molar-refractivity contribution < 1.29 is 15.0 Å². The van der Waals surface area contributed by atoms with Crippen molar-refractivity contribution in [2.24, 2.45) is 5.92 Å². The van der Waals surface area contributed by atoms with Gasteiger partial charge in [-0.1, -0.05) is 26.7 Å². The summed E-state index contributed by atoms with van der Waals surface area (Å²) < 4.78 is 0. The second kappa shape index (κ2) is 9.60. The molecule has 0 aromatic rings. The van der Waals surface area contributed by atoms with Crippen molar-refractivity contribution in [1.82, 2.24) is 4.90 Å².